The molecule has 8 heteroatoms. The van der Waals surface area contributed by atoms with Gasteiger partial charge in [0.25, 0.3) is 0 Å². The number of carbonyl (C=O) groups is 1. The SMILES string of the molecule is O=C1N(Cc2ccccc2F)c2ccccc2C12c1c(c3ccccc3oc1=O)Oc1c2c(=O)oc2ccccc12. The lowest BCUT2D eigenvalue weighted by Gasteiger charge is -2.34. The lowest BCUT2D eigenvalue weighted by molar-refractivity contribution is -0.121. The summed E-state index contributed by atoms with van der Waals surface area (Å²) in [6.07, 6.45) is 0. The van der Waals surface area contributed by atoms with Crippen LogP contribution in [0.25, 0.3) is 21.9 Å². The largest absolute Gasteiger partial charge is 0.455 e. The normalized spacial score (nSPS) is 14.7. The molecule has 2 aliphatic heterocycles. The predicted octanol–water partition coefficient (Wildman–Crippen LogP) is 6.03. The Bertz CT molecular complexity index is 2120. The van der Waals surface area contributed by atoms with Gasteiger partial charge in [-0.1, -0.05) is 60.7 Å². The second-order valence-electron chi connectivity index (χ2n) is 10.0. The zero-order valence-electron chi connectivity index (χ0n) is 21.2. The number of halogens is 1. The molecule has 0 aliphatic carbocycles. The third-order valence-electron chi connectivity index (χ3n) is 7.94. The Morgan fingerprint density at radius 3 is 1.83 bits per heavy atom. The van der Waals surface area contributed by atoms with Crippen LogP contribution in [0.1, 0.15) is 22.3 Å². The molecule has 4 heterocycles. The molecule has 0 saturated heterocycles. The molecule has 0 radical (unpaired) electrons. The van der Waals surface area contributed by atoms with E-state index >= 15 is 0 Å². The molecule has 0 N–H and O–H groups in total. The Morgan fingerprint density at radius 1 is 0.659 bits per heavy atom. The van der Waals surface area contributed by atoms with Crippen LogP contribution in [-0.2, 0) is 16.8 Å². The zero-order chi connectivity index (χ0) is 27.9. The van der Waals surface area contributed by atoms with Crippen LogP contribution in [-0.4, -0.2) is 5.91 Å². The minimum atomic E-state index is -1.97. The maximum atomic E-state index is 14.9. The number of fused-ring (bicyclic) bond motifs is 10. The summed E-state index contributed by atoms with van der Waals surface area (Å²) in [5.41, 5.74) is -2.26. The first-order chi connectivity index (χ1) is 20.0. The fourth-order valence-electron chi connectivity index (χ4n) is 6.22. The Kier molecular flexibility index (Phi) is 4.71. The van der Waals surface area contributed by atoms with Crippen molar-refractivity contribution in [3.63, 3.8) is 0 Å². The lowest BCUT2D eigenvalue weighted by atomic mass is 9.69. The number of ether oxygens (including phenoxy) is 1. The molecule has 1 spiro atoms. The van der Waals surface area contributed by atoms with Gasteiger partial charge in [0.1, 0.15) is 33.5 Å². The molecule has 2 aliphatic rings. The summed E-state index contributed by atoms with van der Waals surface area (Å²) in [6, 6.07) is 26.7. The van der Waals surface area contributed by atoms with Gasteiger partial charge in [0, 0.05) is 16.8 Å². The molecule has 4 aromatic carbocycles. The van der Waals surface area contributed by atoms with E-state index in [1.165, 1.54) is 11.0 Å². The number of carbonyl (C=O) groups excluding carboxylic acids is 1. The summed E-state index contributed by atoms with van der Waals surface area (Å²) in [5.74, 6) is -0.854. The van der Waals surface area contributed by atoms with Crippen LogP contribution in [0.4, 0.5) is 10.1 Å². The molecule has 2 aromatic heterocycles. The number of anilines is 1. The maximum absolute atomic E-state index is 14.9. The molecule has 1 amide bonds. The fraction of sp³-hybridized carbons (Fsp3) is 0.0606. The number of hydrogen-bond acceptors (Lipinski definition) is 6. The maximum Gasteiger partial charge on any atom is 0.345 e. The van der Waals surface area contributed by atoms with E-state index in [0.29, 0.717) is 22.0 Å². The second-order valence-corrected chi connectivity index (χ2v) is 10.0. The molecule has 8 rings (SSSR count). The summed E-state index contributed by atoms with van der Waals surface area (Å²) in [6.45, 7) is -0.131. The lowest BCUT2D eigenvalue weighted by Crippen LogP contribution is -2.49. The molecule has 0 unspecified atom stereocenters. The molecule has 7 nitrogen and oxygen atoms in total. The zero-order valence-corrected chi connectivity index (χ0v) is 21.2. The van der Waals surface area contributed by atoms with Gasteiger partial charge in [0.15, 0.2) is 11.5 Å². The number of nitrogens with zero attached hydrogens (tertiary/aromatic N) is 1. The molecule has 6 aromatic rings. The van der Waals surface area contributed by atoms with Crippen LogP contribution >= 0.6 is 0 Å². The minimum Gasteiger partial charge on any atom is -0.455 e. The van der Waals surface area contributed by atoms with Gasteiger partial charge in [-0.2, -0.15) is 0 Å². The van der Waals surface area contributed by atoms with Crippen molar-refractivity contribution in [1.29, 1.82) is 0 Å². The monoisotopic (exact) mass is 543 g/mol. The Hall–Kier alpha value is -5.50. The first-order valence-corrected chi connectivity index (χ1v) is 13.0. The molecule has 0 saturated carbocycles. The fourth-order valence-corrected chi connectivity index (χ4v) is 6.22. The van der Waals surface area contributed by atoms with E-state index in [-0.39, 0.29) is 45.9 Å². The van der Waals surface area contributed by atoms with Gasteiger partial charge >= 0.3 is 11.3 Å². The van der Waals surface area contributed by atoms with Gasteiger partial charge in [-0.05, 0) is 36.4 Å². The van der Waals surface area contributed by atoms with Crippen LogP contribution in [0.3, 0.4) is 0 Å². The van der Waals surface area contributed by atoms with Crippen molar-refractivity contribution < 1.29 is 22.8 Å². The van der Waals surface area contributed by atoms with E-state index in [1.807, 2.05) is 0 Å². The van der Waals surface area contributed by atoms with Gasteiger partial charge in [0.2, 0.25) is 5.91 Å². The first kappa shape index (κ1) is 23.4. The van der Waals surface area contributed by atoms with E-state index in [1.54, 1.807) is 91.0 Å². The summed E-state index contributed by atoms with van der Waals surface area (Å²) in [4.78, 5) is 44.1. The summed E-state index contributed by atoms with van der Waals surface area (Å²) in [7, 11) is 0. The Morgan fingerprint density at radius 2 is 1.20 bits per heavy atom. The Balaban J connectivity index is 1.54. The third-order valence-corrected chi connectivity index (χ3v) is 7.94. The quantitative estimate of drug-likeness (QED) is 0.248. The molecule has 0 fully saturated rings. The molecule has 0 atom stereocenters. The van der Waals surface area contributed by atoms with Crippen LogP contribution in [0.2, 0.25) is 0 Å². The number of rotatable bonds is 2. The van der Waals surface area contributed by atoms with Gasteiger partial charge in [0.05, 0.1) is 17.3 Å². The van der Waals surface area contributed by atoms with Crippen LogP contribution in [0.15, 0.2) is 115 Å². The van der Waals surface area contributed by atoms with Gasteiger partial charge in [-0.25, -0.2) is 14.0 Å². The van der Waals surface area contributed by atoms with Crippen molar-refractivity contribution in [3.05, 3.63) is 146 Å². The molecule has 198 valence electrons. The molecule has 41 heavy (non-hydrogen) atoms. The van der Waals surface area contributed by atoms with E-state index in [4.69, 9.17) is 13.6 Å². The van der Waals surface area contributed by atoms with Gasteiger partial charge < -0.3 is 18.5 Å². The highest BCUT2D eigenvalue weighted by atomic mass is 19.1. The average molecular weight is 544 g/mol. The average Bonchev–Trinajstić information content (AvgIpc) is 3.21. The van der Waals surface area contributed by atoms with Gasteiger partial charge in [-0.3, -0.25) is 4.79 Å². The summed E-state index contributed by atoms with van der Waals surface area (Å²) < 4.78 is 32.7. The van der Waals surface area contributed by atoms with Crippen molar-refractivity contribution in [2.24, 2.45) is 0 Å². The standard InChI is InChI=1S/C33H18FNO6/c34-22-13-5-1-9-18(22)17-35-23-14-6-4-12-21(23)33(32(35)38)26-28(19-10-2-7-15-24(19)39-30(26)36)41-29-20-11-3-8-16-25(20)40-31(37)27(29)33/h1-16H,17H2. The highest BCUT2D eigenvalue weighted by Crippen LogP contribution is 2.58. The number of benzene rings is 4. The smallest absolute Gasteiger partial charge is 0.345 e. The minimum absolute atomic E-state index is 0.121. The number of hydrogen-bond donors (Lipinski definition) is 0. The first-order valence-electron chi connectivity index (χ1n) is 13.0. The molecular formula is C33H18FNO6. The Labute approximate surface area is 230 Å². The number of para-hydroxylation sites is 3. The van der Waals surface area contributed by atoms with Crippen molar-refractivity contribution in [2.45, 2.75) is 12.0 Å². The van der Waals surface area contributed by atoms with E-state index in [0.717, 1.165) is 0 Å². The van der Waals surface area contributed by atoms with Crippen LogP contribution in [0, 0.1) is 5.82 Å². The van der Waals surface area contributed by atoms with Crippen molar-refractivity contribution in [2.75, 3.05) is 4.90 Å². The van der Waals surface area contributed by atoms with E-state index < -0.39 is 28.4 Å². The third kappa shape index (κ3) is 2.98. The van der Waals surface area contributed by atoms with Crippen molar-refractivity contribution in [3.8, 4) is 11.5 Å². The highest BCUT2D eigenvalue weighted by Gasteiger charge is 2.61. The van der Waals surface area contributed by atoms with Gasteiger partial charge in [-0.15, -0.1) is 0 Å². The summed E-state index contributed by atoms with van der Waals surface area (Å²) in [5, 5.41) is 0.921. The molecule has 0 bridgehead atoms. The van der Waals surface area contributed by atoms with E-state index in [9.17, 15) is 18.8 Å². The molecular weight excluding hydrogens is 525 g/mol. The van der Waals surface area contributed by atoms with Crippen LogP contribution < -0.4 is 20.9 Å². The second kappa shape index (κ2) is 8.25. The van der Waals surface area contributed by atoms with Crippen molar-refractivity contribution >= 4 is 33.5 Å². The van der Waals surface area contributed by atoms with Crippen molar-refractivity contribution in [1.82, 2.24) is 0 Å². The highest BCUT2D eigenvalue weighted by molar-refractivity contribution is 6.15. The summed E-state index contributed by atoms with van der Waals surface area (Å²) >= 11 is 0. The predicted molar refractivity (Wildman–Crippen MR) is 149 cm³/mol. The van der Waals surface area contributed by atoms with Crippen LogP contribution in [0.5, 0.6) is 11.5 Å². The topological polar surface area (TPSA) is 90.0 Å². The number of amides is 1. The van der Waals surface area contributed by atoms with E-state index in [2.05, 4.69) is 0 Å².